The number of likely N-dealkylation sites (tertiary alicyclic amines) is 2. The van der Waals surface area contributed by atoms with Crippen molar-refractivity contribution in [2.24, 2.45) is 0 Å². The van der Waals surface area contributed by atoms with Crippen molar-refractivity contribution in [3.8, 4) is 0 Å². The highest BCUT2D eigenvalue weighted by Crippen LogP contribution is 2.28. The third-order valence-corrected chi connectivity index (χ3v) is 6.21. The fourth-order valence-electron chi connectivity index (χ4n) is 4.52. The molecule has 2 aliphatic rings. The van der Waals surface area contributed by atoms with Crippen LogP contribution in [0.15, 0.2) is 54.9 Å². The van der Waals surface area contributed by atoms with E-state index in [1.54, 1.807) is 0 Å². The molecule has 0 bridgehead atoms. The van der Waals surface area contributed by atoms with Gasteiger partial charge >= 0.3 is 6.03 Å². The molecule has 2 amide bonds. The van der Waals surface area contributed by atoms with Crippen LogP contribution in [0, 0.1) is 0 Å². The average Bonchev–Trinajstić information content (AvgIpc) is 3.24. The number of piperidine rings is 1. The predicted molar refractivity (Wildman–Crippen MR) is 111 cm³/mol. The van der Waals surface area contributed by atoms with Crippen LogP contribution in [0.3, 0.4) is 0 Å². The van der Waals surface area contributed by atoms with Gasteiger partial charge in [0.25, 0.3) is 0 Å². The number of hydrogen-bond donors (Lipinski definition) is 1. The molecule has 148 valence electrons. The minimum Gasteiger partial charge on any atom is -0.337 e. The molecule has 1 unspecified atom stereocenters. The van der Waals surface area contributed by atoms with Gasteiger partial charge in [0.05, 0.1) is 0 Å². The van der Waals surface area contributed by atoms with Crippen LogP contribution < -0.4 is 5.32 Å². The fraction of sp³-hybridized carbons (Fsp3) is 0.478. The molecule has 2 aromatic rings. The lowest BCUT2D eigenvalue weighted by molar-refractivity contribution is 0.180. The minimum absolute atomic E-state index is 0.0898. The first-order chi connectivity index (χ1) is 13.8. The van der Waals surface area contributed by atoms with Crippen LogP contribution in [0.25, 0.3) is 0 Å². The zero-order valence-corrected chi connectivity index (χ0v) is 16.5. The largest absolute Gasteiger partial charge is 0.337 e. The van der Waals surface area contributed by atoms with Gasteiger partial charge in [0.1, 0.15) is 0 Å². The molecule has 1 N–H and O–H groups in total. The maximum absolute atomic E-state index is 12.5. The van der Waals surface area contributed by atoms with Crippen LogP contribution >= 0.6 is 0 Å². The summed E-state index contributed by atoms with van der Waals surface area (Å²) in [5.41, 5.74) is 2.78. The van der Waals surface area contributed by atoms with Gasteiger partial charge in [0.15, 0.2) is 0 Å². The second kappa shape index (κ2) is 9.20. The Kier molecular flexibility index (Phi) is 6.22. The molecule has 1 aromatic carbocycles. The molecule has 0 aliphatic carbocycles. The zero-order chi connectivity index (χ0) is 19.2. The molecule has 0 saturated carbocycles. The van der Waals surface area contributed by atoms with Crippen LogP contribution in [-0.2, 0) is 0 Å². The summed E-state index contributed by atoms with van der Waals surface area (Å²) in [5, 5.41) is 3.12. The molecule has 3 heterocycles. The molecule has 0 radical (unpaired) electrons. The molecule has 28 heavy (non-hydrogen) atoms. The van der Waals surface area contributed by atoms with Crippen LogP contribution in [0.1, 0.15) is 42.2 Å². The second-order valence-electron chi connectivity index (χ2n) is 7.97. The van der Waals surface area contributed by atoms with Gasteiger partial charge in [0, 0.05) is 45.1 Å². The average molecular weight is 379 g/mol. The summed E-state index contributed by atoms with van der Waals surface area (Å²) in [6, 6.07) is 15.1. The number of urea groups is 1. The highest BCUT2D eigenvalue weighted by Gasteiger charge is 2.25. The van der Waals surface area contributed by atoms with E-state index >= 15 is 0 Å². The molecule has 5 heteroatoms. The number of nitrogens with one attached hydrogen (secondary N) is 1. The Bertz CT molecular complexity index is 744. The first-order valence-electron chi connectivity index (χ1n) is 10.5. The highest BCUT2D eigenvalue weighted by molar-refractivity contribution is 5.74. The number of amides is 2. The number of aromatic nitrogens is 1. The number of pyridine rings is 1. The van der Waals surface area contributed by atoms with Crippen molar-refractivity contribution in [3.63, 3.8) is 0 Å². The Labute approximate surface area is 167 Å². The fourth-order valence-corrected chi connectivity index (χ4v) is 4.52. The number of hydrogen-bond acceptors (Lipinski definition) is 3. The number of carbonyl (C=O) groups excluding carboxylic acids is 1. The Morgan fingerprint density at radius 3 is 2.36 bits per heavy atom. The smallest absolute Gasteiger partial charge is 0.317 e. The SMILES string of the molecule is O=C(NCCN1CCC(c2ccccc2)C1)N1CCC(c2ccncc2)CC1. The van der Waals surface area contributed by atoms with E-state index in [-0.39, 0.29) is 6.03 Å². The van der Waals surface area contributed by atoms with Crippen molar-refractivity contribution >= 4 is 6.03 Å². The normalized spacial score (nSPS) is 21.0. The van der Waals surface area contributed by atoms with E-state index in [9.17, 15) is 4.79 Å². The summed E-state index contributed by atoms with van der Waals surface area (Å²) in [4.78, 5) is 21.0. The summed E-state index contributed by atoms with van der Waals surface area (Å²) in [6.07, 6.45) is 6.98. The van der Waals surface area contributed by atoms with Crippen molar-refractivity contribution in [2.75, 3.05) is 39.3 Å². The summed E-state index contributed by atoms with van der Waals surface area (Å²) in [6.45, 7) is 5.54. The maximum Gasteiger partial charge on any atom is 0.317 e. The van der Waals surface area contributed by atoms with Gasteiger partial charge in [-0.05, 0) is 60.9 Å². The van der Waals surface area contributed by atoms with Crippen LogP contribution in [-0.4, -0.2) is 60.1 Å². The van der Waals surface area contributed by atoms with Crippen molar-refractivity contribution in [1.29, 1.82) is 0 Å². The molecule has 1 aromatic heterocycles. The lowest BCUT2D eigenvalue weighted by Crippen LogP contribution is -2.46. The van der Waals surface area contributed by atoms with E-state index in [0.717, 1.165) is 52.1 Å². The lowest BCUT2D eigenvalue weighted by Gasteiger charge is -2.32. The van der Waals surface area contributed by atoms with Crippen LogP contribution in [0.5, 0.6) is 0 Å². The molecular weight excluding hydrogens is 348 g/mol. The van der Waals surface area contributed by atoms with Crippen LogP contribution in [0.4, 0.5) is 4.79 Å². The van der Waals surface area contributed by atoms with E-state index in [2.05, 4.69) is 57.7 Å². The van der Waals surface area contributed by atoms with Gasteiger partial charge in [-0.1, -0.05) is 30.3 Å². The van der Waals surface area contributed by atoms with Gasteiger partial charge in [0.2, 0.25) is 0 Å². The van der Waals surface area contributed by atoms with Gasteiger partial charge in [-0.15, -0.1) is 0 Å². The third-order valence-electron chi connectivity index (χ3n) is 6.21. The quantitative estimate of drug-likeness (QED) is 0.867. The maximum atomic E-state index is 12.5. The Hall–Kier alpha value is -2.40. The molecule has 1 atom stereocenters. The Morgan fingerprint density at radius 1 is 0.929 bits per heavy atom. The molecular formula is C23H30N4O. The van der Waals surface area contributed by atoms with Gasteiger partial charge in [-0.2, -0.15) is 0 Å². The van der Waals surface area contributed by atoms with Crippen molar-refractivity contribution in [3.05, 3.63) is 66.0 Å². The molecule has 4 rings (SSSR count). The summed E-state index contributed by atoms with van der Waals surface area (Å²) >= 11 is 0. The lowest BCUT2D eigenvalue weighted by atomic mass is 9.90. The molecule has 2 aliphatic heterocycles. The van der Waals surface area contributed by atoms with Crippen LogP contribution in [0.2, 0.25) is 0 Å². The molecule has 0 spiro atoms. The predicted octanol–water partition coefficient (Wildman–Crippen LogP) is 3.46. The van der Waals surface area contributed by atoms with Gasteiger partial charge in [-0.25, -0.2) is 4.79 Å². The number of carbonyl (C=O) groups is 1. The molecule has 2 saturated heterocycles. The number of nitrogens with zero attached hydrogens (tertiary/aromatic N) is 3. The van der Waals surface area contributed by atoms with Crippen molar-refractivity contribution < 1.29 is 4.79 Å². The highest BCUT2D eigenvalue weighted by atomic mass is 16.2. The molecule has 2 fully saturated rings. The van der Waals surface area contributed by atoms with Crippen molar-refractivity contribution in [2.45, 2.75) is 31.1 Å². The van der Waals surface area contributed by atoms with Gasteiger partial charge < -0.3 is 15.1 Å². The number of rotatable bonds is 5. The summed E-state index contributed by atoms with van der Waals surface area (Å²) < 4.78 is 0. The monoisotopic (exact) mass is 378 g/mol. The standard InChI is InChI=1S/C23H30N4O/c28-23(27-15-9-21(10-16-27)20-6-11-24-12-7-20)25-13-17-26-14-8-22(18-26)19-4-2-1-3-5-19/h1-7,11-12,21-22H,8-10,13-18H2,(H,25,28). The summed E-state index contributed by atoms with van der Waals surface area (Å²) in [5.74, 6) is 1.18. The zero-order valence-electron chi connectivity index (χ0n) is 16.5. The Morgan fingerprint density at radius 2 is 1.61 bits per heavy atom. The minimum atomic E-state index is 0.0898. The van der Waals surface area contributed by atoms with Gasteiger partial charge in [-0.3, -0.25) is 4.98 Å². The second-order valence-corrected chi connectivity index (χ2v) is 7.97. The summed E-state index contributed by atoms with van der Waals surface area (Å²) in [7, 11) is 0. The first kappa shape index (κ1) is 18.9. The van der Waals surface area contributed by atoms with E-state index in [4.69, 9.17) is 0 Å². The van der Waals surface area contributed by atoms with E-state index < -0.39 is 0 Å². The molecule has 5 nitrogen and oxygen atoms in total. The Balaban J connectivity index is 1.16. The van der Waals surface area contributed by atoms with E-state index in [1.165, 1.54) is 17.5 Å². The number of benzene rings is 1. The topological polar surface area (TPSA) is 48.5 Å². The third kappa shape index (κ3) is 4.71. The van der Waals surface area contributed by atoms with E-state index in [1.807, 2.05) is 17.3 Å². The first-order valence-corrected chi connectivity index (χ1v) is 10.5. The van der Waals surface area contributed by atoms with E-state index in [0.29, 0.717) is 11.8 Å². The van der Waals surface area contributed by atoms with Crippen molar-refractivity contribution in [1.82, 2.24) is 20.1 Å².